The first-order valence-electron chi connectivity index (χ1n) is 10.7. The Kier molecular flexibility index (Phi) is 5.02. The number of rotatable bonds is 5. The number of carbonyl (C=O) groups is 2. The van der Waals surface area contributed by atoms with Crippen LogP contribution in [0.4, 0.5) is 35.3 Å². The Morgan fingerprint density at radius 2 is 1.97 bits per heavy atom. The van der Waals surface area contributed by atoms with Gasteiger partial charge in [0.15, 0.2) is 11.6 Å². The molecule has 1 N–H and O–H groups in total. The molecule has 2 fully saturated rings. The number of fused-ring (bicyclic) bond motifs is 4. The van der Waals surface area contributed by atoms with Crippen LogP contribution in [0.25, 0.3) is 0 Å². The monoisotopic (exact) mass is 445 g/mol. The Balaban J connectivity index is 1.43. The fraction of sp³-hybridized carbons (Fsp3) is 0.455. The van der Waals surface area contributed by atoms with Gasteiger partial charge < -0.3 is 4.90 Å². The van der Waals surface area contributed by atoms with E-state index in [0.717, 1.165) is 13.0 Å². The lowest BCUT2D eigenvalue weighted by Crippen LogP contribution is -2.48. The molecule has 0 spiro atoms. The Labute approximate surface area is 182 Å². The maximum atomic E-state index is 13.4. The molecule has 1 saturated heterocycles. The third-order valence-corrected chi connectivity index (χ3v) is 6.37. The minimum atomic E-state index is -4.41. The summed E-state index contributed by atoms with van der Waals surface area (Å²) in [5.74, 6) is -2.10. The zero-order valence-corrected chi connectivity index (χ0v) is 17.2. The standard InChI is InChI=1S/C22H22F3N5O2/c23-22(24,25)15(13-4-5-13)11-18(31)16-6-7-17-20(27-16)30(14-8-10-29(17)12-14)21(32)28-19-3-1-2-9-26-19/h1-3,6-7,9,13-15H,4-5,8,10-12H2,(H,26,28,32)/t14-,15+/m0/s1. The number of halogens is 3. The van der Waals surface area contributed by atoms with E-state index in [4.69, 9.17) is 0 Å². The normalized spacial score (nSPS) is 20.7. The van der Waals surface area contributed by atoms with Gasteiger partial charge in [-0.05, 0) is 49.4 Å². The number of urea groups is 1. The molecule has 32 heavy (non-hydrogen) atoms. The highest BCUT2D eigenvalue weighted by atomic mass is 19.4. The van der Waals surface area contributed by atoms with Crippen LogP contribution in [-0.4, -0.2) is 47.1 Å². The van der Waals surface area contributed by atoms with Gasteiger partial charge in [-0.2, -0.15) is 13.2 Å². The van der Waals surface area contributed by atoms with Crippen LogP contribution >= 0.6 is 0 Å². The fourth-order valence-electron chi connectivity index (χ4n) is 4.59. The predicted molar refractivity (Wildman–Crippen MR) is 112 cm³/mol. The van der Waals surface area contributed by atoms with Gasteiger partial charge in [0.2, 0.25) is 0 Å². The lowest BCUT2D eigenvalue weighted by Gasteiger charge is -2.35. The van der Waals surface area contributed by atoms with Gasteiger partial charge in [-0.25, -0.2) is 14.8 Å². The second-order valence-corrected chi connectivity index (χ2v) is 8.56. The second-order valence-electron chi connectivity index (χ2n) is 8.56. The Bertz CT molecular complexity index is 1040. The number of amides is 2. The highest BCUT2D eigenvalue weighted by Crippen LogP contribution is 2.47. The van der Waals surface area contributed by atoms with E-state index in [0.29, 0.717) is 36.7 Å². The number of pyridine rings is 2. The molecule has 168 valence electrons. The second kappa shape index (κ2) is 7.75. The molecule has 2 atom stereocenters. The number of Topliss-reactive ketones (excluding diaryl/α,β-unsaturated/α-hetero) is 1. The van der Waals surface area contributed by atoms with Crippen molar-refractivity contribution in [3.63, 3.8) is 0 Å². The van der Waals surface area contributed by atoms with Crippen molar-refractivity contribution in [3.8, 4) is 0 Å². The molecule has 5 rings (SSSR count). The van der Waals surface area contributed by atoms with Gasteiger partial charge in [-0.1, -0.05) is 6.07 Å². The molecule has 0 radical (unpaired) electrons. The van der Waals surface area contributed by atoms with Gasteiger partial charge in [0.05, 0.1) is 17.6 Å². The summed E-state index contributed by atoms with van der Waals surface area (Å²) < 4.78 is 40.2. The van der Waals surface area contributed by atoms with E-state index in [9.17, 15) is 22.8 Å². The zero-order valence-electron chi connectivity index (χ0n) is 17.2. The summed E-state index contributed by atoms with van der Waals surface area (Å²) in [6.45, 7) is 1.37. The molecule has 2 aliphatic heterocycles. The molecular formula is C22H22F3N5O2. The summed E-state index contributed by atoms with van der Waals surface area (Å²) in [6, 6.07) is 7.71. The van der Waals surface area contributed by atoms with Crippen molar-refractivity contribution < 1.29 is 22.8 Å². The van der Waals surface area contributed by atoms with Gasteiger partial charge in [-0.3, -0.25) is 15.0 Å². The molecule has 0 aromatic carbocycles. The van der Waals surface area contributed by atoms with Crippen LogP contribution in [0.2, 0.25) is 0 Å². The van der Waals surface area contributed by atoms with E-state index in [1.165, 1.54) is 11.0 Å². The molecule has 3 aliphatic rings. The maximum Gasteiger partial charge on any atom is 0.392 e. The zero-order chi connectivity index (χ0) is 22.5. The van der Waals surface area contributed by atoms with E-state index >= 15 is 0 Å². The first-order chi connectivity index (χ1) is 15.3. The van der Waals surface area contributed by atoms with Crippen molar-refractivity contribution in [1.29, 1.82) is 0 Å². The van der Waals surface area contributed by atoms with Gasteiger partial charge in [0, 0.05) is 25.7 Å². The van der Waals surface area contributed by atoms with Crippen LogP contribution in [0.1, 0.15) is 36.2 Å². The van der Waals surface area contributed by atoms with Crippen LogP contribution in [0, 0.1) is 11.8 Å². The first-order valence-corrected chi connectivity index (χ1v) is 10.7. The number of anilines is 3. The average Bonchev–Trinajstić information content (AvgIpc) is 3.52. The van der Waals surface area contributed by atoms with E-state index in [1.54, 1.807) is 30.5 Å². The summed E-state index contributed by atoms with van der Waals surface area (Å²) >= 11 is 0. The van der Waals surface area contributed by atoms with Crippen LogP contribution in [0.15, 0.2) is 36.5 Å². The highest BCUT2D eigenvalue weighted by molar-refractivity contribution is 6.05. The third kappa shape index (κ3) is 3.89. The van der Waals surface area contributed by atoms with Crippen molar-refractivity contribution in [2.45, 2.75) is 37.9 Å². The lowest BCUT2D eigenvalue weighted by molar-refractivity contribution is -0.179. The molecule has 1 saturated carbocycles. The number of nitrogens with zero attached hydrogens (tertiary/aromatic N) is 4. The molecule has 2 aromatic rings. The minimum absolute atomic E-state index is 0.0446. The molecule has 2 bridgehead atoms. The number of ketones is 1. The van der Waals surface area contributed by atoms with Gasteiger partial charge in [0.25, 0.3) is 0 Å². The van der Waals surface area contributed by atoms with Crippen molar-refractivity contribution in [2.75, 3.05) is 28.2 Å². The number of alkyl halides is 3. The molecule has 1 aliphatic carbocycles. The Morgan fingerprint density at radius 3 is 2.66 bits per heavy atom. The topological polar surface area (TPSA) is 78.4 Å². The van der Waals surface area contributed by atoms with Crippen LogP contribution < -0.4 is 15.1 Å². The van der Waals surface area contributed by atoms with Crippen molar-refractivity contribution in [2.24, 2.45) is 11.8 Å². The molecule has 2 aromatic heterocycles. The van der Waals surface area contributed by atoms with Gasteiger partial charge in [-0.15, -0.1) is 0 Å². The largest absolute Gasteiger partial charge is 0.392 e. The smallest absolute Gasteiger partial charge is 0.366 e. The molecule has 2 amide bonds. The molecular weight excluding hydrogens is 423 g/mol. The van der Waals surface area contributed by atoms with Crippen molar-refractivity contribution >= 4 is 29.1 Å². The van der Waals surface area contributed by atoms with E-state index in [2.05, 4.69) is 20.2 Å². The van der Waals surface area contributed by atoms with Crippen molar-refractivity contribution in [3.05, 3.63) is 42.2 Å². The summed E-state index contributed by atoms with van der Waals surface area (Å²) in [6.07, 6.45) is -1.76. The SMILES string of the molecule is O=C(C[C@H](C1CC1)C(F)(F)F)c1ccc2c(n1)N(C(=O)Nc1ccccn1)[C@H]1CCN2C1. The molecule has 7 nitrogen and oxygen atoms in total. The van der Waals surface area contributed by atoms with Crippen molar-refractivity contribution in [1.82, 2.24) is 9.97 Å². The molecule has 0 unspecified atom stereocenters. The highest BCUT2D eigenvalue weighted by Gasteiger charge is 2.49. The quantitative estimate of drug-likeness (QED) is 0.696. The van der Waals surface area contributed by atoms with Crippen LogP contribution in [0.3, 0.4) is 0 Å². The number of aromatic nitrogens is 2. The minimum Gasteiger partial charge on any atom is -0.366 e. The third-order valence-electron chi connectivity index (χ3n) is 6.37. The van der Waals surface area contributed by atoms with Gasteiger partial charge >= 0.3 is 12.2 Å². The number of hydrogen-bond donors (Lipinski definition) is 1. The van der Waals surface area contributed by atoms with E-state index in [1.807, 2.05) is 0 Å². The summed E-state index contributed by atoms with van der Waals surface area (Å²) in [5, 5.41) is 2.74. The lowest BCUT2D eigenvalue weighted by atomic mass is 9.95. The predicted octanol–water partition coefficient (Wildman–Crippen LogP) is 4.27. The Hall–Kier alpha value is -3.17. The number of nitrogens with one attached hydrogen (secondary N) is 1. The Morgan fingerprint density at radius 1 is 1.16 bits per heavy atom. The summed E-state index contributed by atoms with van der Waals surface area (Å²) in [4.78, 5) is 37.9. The summed E-state index contributed by atoms with van der Waals surface area (Å²) in [5.41, 5.74) is 0.651. The summed E-state index contributed by atoms with van der Waals surface area (Å²) in [7, 11) is 0. The fourth-order valence-corrected chi connectivity index (χ4v) is 4.59. The van der Waals surface area contributed by atoms with Gasteiger partial charge in [0.1, 0.15) is 11.5 Å². The van der Waals surface area contributed by atoms with Crippen LogP contribution in [-0.2, 0) is 0 Å². The van der Waals surface area contributed by atoms with E-state index < -0.39 is 36.2 Å². The first kappa shape index (κ1) is 20.7. The number of carbonyl (C=O) groups excluding carboxylic acids is 2. The number of hydrogen-bond acceptors (Lipinski definition) is 5. The molecule has 10 heteroatoms. The van der Waals surface area contributed by atoms with E-state index in [-0.39, 0.29) is 11.7 Å². The van der Waals surface area contributed by atoms with Crippen LogP contribution in [0.5, 0.6) is 0 Å². The average molecular weight is 445 g/mol. The molecule has 4 heterocycles. The maximum absolute atomic E-state index is 13.4.